The number of carboxylic acids is 1. The number of carboxylic acid groups (broad SMARTS) is 1. The zero-order valence-electron chi connectivity index (χ0n) is 13.1. The summed E-state index contributed by atoms with van der Waals surface area (Å²) in [7, 11) is 1.93. The zero-order valence-corrected chi connectivity index (χ0v) is 13.1. The van der Waals surface area contributed by atoms with E-state index in [4.69, 9.17) is 5.11 Å². The van der Waals surface area contributed by atoms with Gasteiger partial charge in [-0.3, -0.25) is 4.79 Å². The van der Waals surface area contributed by atoms with E-state index in [0.717, 1.165) is 32.4 Å². The Hall–Kier alpha value is -1.26. The molecule has 1 saturated carbocycles. The number of urea groups is 1. The van der Waals surface area contributed by atoms with Gasteiger partial charge in [-0.15, -0.1) is 0 Å². The Bertz CT molecular complexity index is 365. The van der Waals surface area contributed by atoms with Crippen LogP contribution in [0, 0.1) is 5.92 Å². The van der Waals surface area contributed by atoms with Crippen molar-refractivity contribution in [1.82, 2.24) is 9.80 Å². The minimum atomic E-state index is -0.740. The van der Waals surface area contributed by atoms with Crippen molar-refractivity contribution in [2.45, 2.75) is 63.8 Å². The third-order valence-electron chi connectivity index (χ3n) is 5.00. The summed E-state index contributed by atoms with van der Waals surface area (Å²) in [6, 6.07) is 0.526. The molecule has 1 saturated heterocycles. The molecule has 120 valence electrons. The highest BCUT2D eigenvalue weighted by atomic mass is 16.4. The topological polar surface area (TPSA) is 60.9 Å². The fourth-order valence-corrected chi connectivity index (χ4v) is 3.59. The van der Waals surface area contributed by atoms with Gasteiger partial charge >= 0.3 is 12.0 Å². The molecule has 0 aromatic carbocycles. The van der Waals surface area contributed by atoms with E-state index in [-0.39, 0.29) is 12.5 Å². The second-order valence-electron chi connectivity index (χ2n) is 6.57. The van der Waals surface area contributed by atoms with Crippen molar-refractivity contribution in [2.75, 3.05) is 20.1 Å². The van der Waals surface area contributed by atoms with Crippen LogP contribution < -0.4 is 0 Å². The highest BCUT2D eigenvalue weighted by Crippen LogP contribution is 2.25. The Kier molecular flexibility index (Phi) is 5.88. The first-order valence-electron chi connectivity index (χ1n) is 8.31. The van der Waals surface area contributed by atoms with Crippen molar-refractivity contribution in [3.8, 4) is 0 Å². The fraction of sp³-hybridized carbons (Fsp3) is 0.875. The molecule has 0 spiro atoms. The van der Waals surface area contributed by atoms with Crippen LogP contribution in [0.4, 0.5) is 4.79 Å². The van der Waals surface area contributed by atoms with Gasteiger partial charge in [0.05, 0.1) is 0 Å². The summed E-state index contributed by atoms with van der Waals surface area (Å²) in [5.41, 5.74) is 0. The summed E-state index contributed by atoms with van der Waals surface area (Å²) in [5.74, 6) is -0.386. The SMILES string of the molecule is CN(C(=O)N1CCC(CCC(=O)O)C1)C1CCCCCC1. The second kappa shape index (κ2) is 7.66. The highest BCUT2D eigenvalue weighted by Gasteiger charge is 2.30. The summed E-state index contributed by atoms with van der Waals surface area (Å²) in [5, 5.41) is 8.75. The predicted octanol–water partition coefficient (Wildman–Crippen LogP) is 2.95. The maximum atomic E-state index is 12.6. The van der Waals surface area contributed by atoms with E-state index in [0.29, 0.717) is 18.4 Å². The molecule has 0 radical (unpaired) electrons. The number of carbonyl (C=O) groups is 2. The van der Waals surface area contributed by atoms with E-state index in [1.807, 2.05) is 16.8 Å². The molecule has 1 heterocycles. The molecule has 1 atom stereocenters. The Morgan fingerprint density at radius 2 is 1.81 bits per heavy atom. The first-order valence-corrected chi connectivity index (χ1v) is 8.31. The first-order chi connectivity index (χ1) is 10.1. The normalized spacial score (nSPS) is 23.9. The number of nitrogens with zero attached hydrogens (tertiary/aromatic N) is 2. The van der Waals surface area contributed by atoms with Gasteiger partial charge in [0, 0.05) is 32.6 Å². The minimum Gasteiger partial charge on any atom is -0.481 e. The maximum Gasteiger partial charge on any atom is 0.319 e. The van der Waals surface area contributed by atoms with Gasteiger partial charge in [0.25, 0.3) is 0 Å². The largest absolute Gasteiger partial charge is 0.481 e. The van der Waals surface area contributed by atoms with Gasteiger partial charge in [-0.2, -0.15) is 0 Å². The molecule has 1 aliphatic heterocycles. The molecular formula is C16H28N2O3. The molecule has 0 bridgehead atoms. The van der Waals surface area contributed by atoms with E-state index < -0.39 is 5.97 Å². The quantitative estimate of drug-likeness (QED) is 0.811. The molecule has 0 aromatic heterocycles. The summed E-state index contributed by atoms with van der Waals surface area (Å²) >= 11 is 0. The average molecular weight is 296 g/mol. The molecule has 1 unspecified atom stereocenters. The third kappa shape index (κ3) is 4.61. The lowest BCUT2D eigenvalue weighted by Gasteiger charge is -2.31. The van der Waals surface area contributed by atoms with E-state index in [9.17, 15) is 9.59 Å². The van der Waals surface area contributed by atoms with Gasteiger partial charge in [-0.1, -0.05) is 25.7 Å². The van der Waals surface area contributed by atoms with E-state index in [1.54, 1.807) is 0 Å². The lowest BCUT2D eigenvalue weighted by Crippen LogP contribution is -2.45. The van der Waals surface area contributed by atoms with Gasteiger partial charge in [0.2, 0.25) is 0 Å². The lowest BCUT2D eigenvalue weighted by molar-refractivity contribution is -0.137. The molecular weight excluding hydrogens is 268 g/mol. The molecule has 2 fully saturated rings. The molecule has 5 heteroatoms. The van der Waals surface area contributed by atoms with Crippen molar-refractivity contribution in [3.63, 3.8) is 0 Å². The Labute approximate surface area is 127 Å². The summed E-state index contributed by atoms with van der Waals surface area (Å²) in [6.07, 6.45) is 9.12. The number of likely N-dealkylation sites (tertiary alicyclic amines) is 1. The van der Waals surface area contributed by atoms with E-state index >= 15 is 0 Å². The number of carbonyl (C=O) groups excluding carboxylic acids is 1. The van der Waals surface area contributed by atoms with E-state index in [1.165, 1.54) is 25.7 Å². The van der Waals surface area contributed by atoms with Crippen LogP contribution in [0.1, 0.15) is 57.8 Å². The Morgan fingerprint density at radius 3 is 2.43 bits per heavy atom. The molecule has 2 rings (SSSR count). The molecule has 2 aliphatic rings. The molecule has 21 heavy (non-hydrogen) atoms. The summed E-state index contributed by atoms with van der Waals surface area (Å²) in [6.45, 7) is 1.50. The molecule has 2 amide bonds. The monoisotopic (exact) mass is 296 g/mol. The third-order valence-corrected chi connectivity index (χ3v) is 5.00. The standard InChI is InChI=1S/C16H28N2O3/c1-17(14-6-4-2-3-5-7-14)16(21)18-11-10-13(12-18)8-9-15(19)20/h13-14H,2-12H2,1H3,(H,19,20). The van der Waals surface area contributed by atoms with Crippen LogP contribution in [0.15, 0.2) is 0 Å². The molecule has 0 aromatic rings. The van der Waals surface area contributed by atoms with Crippen molar-refractivity contribution >= 4 is 12.0 Å². The minimum absolute atomic E-state index is 0.139. The average Bonchev–Trinajstić information content (AvgIpc) is 2.77. The van der Waals surface area contributed by atoms with Gasteiger partial charge in [-0.05, 0) is 31.6 Å². The van der Waals surface area contributed by atoms with Crippen LogP contribution in [0.5, 0.6) is 0 Å². The van der Waals surface area contributed by atoms with Crippen LogP contribution in [0.25, 0.3) is 0 Å². The maximum absolute atomic E-state index is 12.6. The smallest absolute Gasteiger partial charge is 0.319 e. The number of hydrogen-bond acceptors (Lipinski definition) is 2. The van der Waals surface area contributed by atoms with Crippen LogP contribution in [-0.2, 0) is 4.79 Å². The van der Waals surface area contributed by atoms with Crippen LogP contribution in [0.3, 0.4) is 0 Å². The number of hydrogen-bond donors (Lipinski definition) is 1. The van der Waals surface area contributed by atoms with Gasteiger partial charge in [0.15, 0.2) is 0 Å². The Balaban J connectivity index is 1.81. The van der Waals surface area contributed by atoms with Crippen molar-refractivity contribution in [3.05, 3.63) is 0 Å². The number of amides is 2. The summed E-state index contributed by atoms with van der Waals surface area (Å²) in [4.78, 5) is 27.1. The van der Waals surface area contributed by atoms with Crippen LogP contribution in [0.2, 0.25) is 0 Å². The predicted molar refractivity (Wildman–Crippen MR) is 81.2 cm³/mol. The lowest BCUT2D eigenvalue weighted by atomic mass is 10.0. The zero-order chi connectivity index (χ0) is 15.2. The molecule has 1 N–H and O–H groups in total. The van der Waals surface area contributed by atoms with Gasteiger partial charge in [0.1, 0.15) is 0 Å². The van der Waals surface area contributed by atoms with Crippen molar-refractivity contribution in [1.29, 1.82) is 0 Å². The van der Waals surface area contributed by atoms with Crippen LogP contribution >= 0.6 is 0 Å². The number of aliphatic carboxylic acids is 1. The highest BCUT2D eigenvalue weighted by molar-refractivity contribution is 5.74. The van der Waals surface area contributed by atoms with Crippen molar-refractivity contribution in [2.24, 2.45) is 5.92 Å². The number of rotatable bonds is 4. The second-order valence-corrected chi connectivity index (χ2v) is 6.57. The van der Waals surface area contributed by atoms with Crippen LogP contribution in [-0.4, -0.2) is 53.1 Å². The van der Waals surface area contributed by atoms with E-state index in [2.05, 4.69) is 0 Å². The Morgan fingerprint density at radius 1 is 1.14 bits per heavy atom. The van der Waals surface area contributed by atoms with Gasteiger partial charge < -0.3 is 14.9 Å². The fourth-order valence-electron chi connectivity index (χ4n) is 3.59. The first kappa shape index (κ1) is 16.1. The molecule has 1 aliphatic carbocycles. The van der Waals surface area contributed by atoms with Crippen molar-refractivity contribution < 1.29 is 14.7 Å². The summed E-state index contributed by atoms with van der Waals surface area (Å²) < 4.78 is 0. The van der Waals surface area contributed by atoms with Gasteiger partial charge in [-0.25, -0.2) is 4.79 Å². The molecule has 5 nitrogen and oxygen atoms in total.